The zero-order valence-corrected chi connectivity index (χ0v) is 18.1. The molecule has 0 bridgehead atoms. The number of carbonyl (C=O) groups excluding carboxylic acids is 2. The van der Waals surface area contributed by atoms with E-state index in [0.29, 0.717) is 39.7 Å². The van der Waals surface area contributed by atoms with E-state index >= 15 is 0 Å². The van der Waals surface area contributed by atoms with Crippen molar-refractivity contribution in [1.29, 1.82) is 0 Å². The summed E-state index contributed by atoms with van der Waals surface area (Å²) in [5, 5.41) is 5.13. The first-order valence-corrected chi connectivity index (χ1v) is 12.6. The van der Waals surface area contributed by atoms with Crippen LogP contribution in [0.5, 0.6) is 0 Å². The third kappa shape index (κ3) is 4.34. The van der Waals surface area contributed by atoms with Crippen molar-refractivity contribution in [1.82, 2.24) is 9.88 Å². The van der Waals surface area contributed by atoms with Gasteiger partial charge in [0.15, 0.2) is 15.0 Å². The lowest BCUT2D eigenvalue weighted by atomic mass is 9.97. The fourth-order valence-electron chi connectivity index (χ4n) is 3.33. The van der Waals surface area contributed by atoms with E-state index in [0.717, 1.165) is 12.7 Å². The van der Waals surface area contributed by atoms with Crippen LogP contribution in [0.2, 0.25) is 0 Å². The number of hydrogen-bond donors (Lipinski definition) is 1. The number of piperidine rings is 1. The maximum atomic E-state index is 12.7. The van der Waals surface area contributed by atoms with Gasteiger partial charge in [0, 0.05) is 19.3 Å². The number of thiophene rings is 1. The van der Waals surface area contributed by atoms with E-state index < -0.39 is 9.84 Å². The third-order valence-electron chi connectivity index (χ3n) is 4.83. The van der Waals surface area contributed by atoms with Gasteiger partial charge in [-0.25, -0.2) is 13.4 Å². The summed E-state index contributed by atoms with van der Waals surface area (Å²) in [7, 11) is -3.30. The Balaban J connectivity index is 1.46. The number of rotatable bonds is 4. The average Bonchev–Trinajstić information content (AvgIpc) is 3.35. The normalized spacial score (nSPS) is 17.4. The molecule has 1 N–H and O–H groups in total. The number of carbonyl (C=O) groups is 2. The largest absolute Gasteiger partial charge is 0.337 e. The minimum absolute atomic E-state index is 0.0363. The van der Waals surface area contributed by atoms with Crippen molar-refractivity contribution < 1.29 is 18.0 Å². The molecular weight excluding hydrogens is 430 g/mol. The average molecular weight is 450 g/mol. The minimum atomic E-state index is -3.30. The molecule has 1 saturated heterocycles. The van der Waals surface area contributed by atoms with Gasteiger partial charge < -0.3 is 10.2 Å². The first-order chi connectivity index (χ1) is 13.8. The van der Waals surface area contributed by atoms with Crippen LogP contribution in [0.3, 0.4) is 0 Å². The van der Waals surface area contributed by atoms with Crippen molar-refractivity contribution in [2.45, 2.75) is 17.7 Å². The number of thiazole rings is 1. The van der Waals surface area contributed by atoms with Crippen molar-refractivity contribution in [3.8, 4) is 0 Å². The lowest BCUT2D eigenvalue weighted by Gasteiger charge is -2.31. The number of nitrogens with one attached hydrogen (secondary N) is 1. The van der Waals surface area contributed by atoms with Gasteiger partial charge in [0.25, 0.3) is 5.91 Å². The Morgan fingerprint density at radius 3 is 2.83 bits per heavy atom. The van der Waals surface area contributed by atoms with E-state index in [1.165, 1.54) is 28.7 Å². The number of aromatic nitrogens is 1. The molecule has 10 heteroatoms. The number of fused-ring (bicyclic) bond motifs is 1. The standard InChI is InChI=1S/C19H19N3O4S3/c1-29(25,26)13-6-7-14-16(10-13)28-19(20-14)21-17(23)12-4-2-8-22(11-12)18(24)15-5-3-9-27-15/h3,5-7,9-10,12H,2,4,8,11H2,1H3,(H,20,21,23). The second-order valence-corrected chi connectivity index (χ2v) is 11.0. The second-order valence-electron chi connectivity index (χ2n) is 6.98. The van der Waals surface area contributed by atoms with E-state index in [1.807, 2.05) is 11.4 Å². The summed E-state index contributed by atoms with van der Waals surface area (Å²) < 4.78 is 24.1. The molecule has 0 aliphatic carbocycles. The summed E-state index contributed by atoms with van der Waals surface area (Å²) in [5.74, 6) is -0.506. The lowest BCUT2D eigenvalue weighted by Crippen LogP contribution is -2.43. The molecule has 4 rings (SSSR count). The zero-order valence-electron chi connectivity index (χ0n) is 15.6. The second kappa shape index (κ2) is 7.85. The number of nitrogens with zero attached hydrogens (tertiary/aromatic N) is 2. The number of benzene rings is 1. The van der Waals surface area contributed by atoms with Crippen molar-refractivity contribution in [3.05, 3.63) is 40.6 Å². The van der Waals surface area contributed by atoms with Crippen molar-refractivity contribution in [2.24, 2.45) is 5.92 Å². The molecule has 29 heavy (non-hydrogen) atoms. The topological polar surface area (TPSA) is 96.4 Å². The van der Waals surface area contributed by atoms with Crippen LogP contribution in [0, 0.1) is 5.92 Å². The summed E-state index contributed by atoms with van der Waals surface area (Å²) in [6.45, 7) is 1.03. The predicted octanol–water partition coefficient (Wildman–Crippen LogP) is 3.25. The van der Waals surface area contributed by atoms with Gasteiger partial charge in [-0.1, -0.05) is 17.4 Å². The summed E-state index contributed by atoms with van der Waals surface area (Å²) in [4.78, 5) is 32.3. The highest BCUT2D eigenvalue weighted by molar-refractivity contribution is 7.90. The molecule has 0 saturated carbocycles. The third-order valence-corrected chi connectivity index (χ3v) is 7.73. The molecule has 0 spiro atoms. The van der Waals surface area contributed by atoms with Crippen LogP contribution in [0.25, 0.3) is 10.2 Å². The molecule has 7 nitrogen and oxygen atoms in total. The van der Waals surface area contributed by atoms with Gasteiger partial charge in [-0.15, -0.1) is 11.3 Å². The maximum absolute atomic E-state index is 12.7. The number of amides is 2. The number of anilines is 1. The molecule has 2 amide bonds. The molecule has 2 aromatic heterocycles. The van der Waals surface area contributed by atoms with E-state index in [1.54, 1.807) is 23.1 Å². The summed E-state index contributed by atoms with van der Waals surface area (Å²) in [6.07, 6.45) is 2.64. The highest BCUT2D eigenvalue weighted by Gasteiger charge is 2.29. The Bertz CT molecular complexity index is 1170. The van der Waals surface area contributed by atoms with E-state index in [-0.39, 0.29) is 22.6 Å². The Hall–Kier alpha value is -2.30. The number of sulfone groups is 1. The van der Waals surface area contributed by atoms with Gasteiger partial charge in [-0.3, -0.25) is 9.59 Å². The summed E-state index contributed by atoms with van der Waals surface area (Å²) >= 11 is 2.64. The molecule has 1 aromatic carbocycles. The molecule has 1 fully saturated rings. The van der Waals surface area contributed by atoms with Crippen LogP contribution < -0.4 is 5.32 Å². The molecule has 152 valence electrons. The number of likely N-dealkylation sites (tertiary alicyclic amines) is 1. The summed E-state index contributed by atoms with van der Waals surface area (Å²) in [6, 6.07) is 8.36. The lowest BCUT2D eigenvalue weighted by molar-refractivity contribution is -0.121. The van der Waals surface area contributed by atoms with Gasteiger partial charge >= 0.3 is 0 Å². The zero-order chi connectivity index (χ0) is 20.6. The van der Waals surface area contributed by atoms with Crippen molar-refractivity contribution in [3.63, 3.8) is 0 Å². The first-order valence-electron chi connectivity index (χ1n) is 9.05. The SMILES string of the molecule is CS(=O)(=O)c1ccc2nc(NC(=O)C3CCCN(C(=O)c4cccs4)C3)sc2c1. The van der Waals surface area contributed by atoms with E-state index in [9.17, 15) is 18.0 Å². The van der Waals surface area contributed by atoms with Gasteiger partial charge in [-0.2, -0.15) is 0 Å². The van der Waals surface area contributed by atoms with Crippen LogP contribution in [-0.2, 0) is 14.6 Å². The van der Waals surface area contributed by atoms with Crippen LogP contribution in [0.15, 0.2) is 40.6 Å². The van der Waals surface area contributed by atoms with Crippen LogP contribution in [0.4, 0.5) is 5.13 Å². The predicted molar refractivity (Wildman–Crippen MR) is 114 cm³/mol. The van der Waals surface area contributed by atoms with Crippen molar-refractivity contribution in [2.75, 3.05) is 24.7 Å². The van der Waals surface area contributed by atoms with E-state index in [2.05, 4.69) is 10.3 Å². The molecule has 1 atom stereocenters. The fourth-order valence-corrected chi connectivity index (χ4v) is 5.65. The molecule has 3 aromatic rings. The first kappa shape index (κ1) is 20.0. The monoisotopic (exact) mass is 449 g/mol. The number of hydrogen-bond acceptors (Lipinski definition) is 7. The Morgan fingerprint density at radius 2 is 2.10 bits per heavy atom. The Labute approximate surface area is 176 Å². The molecule has 3 heterocycles. The molecular formula is C19H19N3O4S3. The molecule has 1 aliphatic rings. The highest BCUT2D eigenvalue weighted by atomic mass is 32.2. The van der Waals surface area contributed by atoms with Crippen molar-refractivity contribution >= 4 is 59.7 Å². The van der Waals surface area contributed by atoms with Crippen LogP contribution in [0.1, 0.15) is 22.5 Å². The molecule has 1 aliphatic heterocycles. The van der Waals surface area contributed by atoms with Gasteiger partial charge in [0.05, 0.1) is 25.9 Å². The Morgan fingerprint density at radius 1 is 1.28 bits per heavy atom. The molecule has 0 radical (unpaired) electrons. The maximum Gasteiger partial charge on any atom is 0.263 e. The van der Waals surface area contributed by atoms with Gasteiger partial charge in [-0.05, 0) is 42.5 Å². The van der Waals surface area contributed by atoms with Gasteiger partial charge in [0.2, 0.25) is 5.91 Å². The summed E-state index contributed by atoms with van der Waals surface area (Å²) in [5.41, 5.74) is 0.635. The van der Waals surface area contributed by atoms with Gasteiger partial charge in [0.1, 0.15) is 0 Å². The smallest absolute Gasteiger partial charge is 0.263 e. The fraction of sp³-hybridized carbons (Fsp3) is 0.316. The highest BCUT2D eigenvalue weighted by Crippen LogP contribution is 2.29. The quantitative estimate of drug-likeness (QED) is 0.660. The minimum Gasteiger partial charge on any atom is -0.337 e. The van der Waals surface area contributed by atoms with E-state index in [4.69, 9.17) is 0 Å². The molecule has 1 unspecified atom stereocenters. The Kier molecular flexibility index (Phi) is 5.41. The van der Waals surface area contributed by atoms with Crippen LogP contribution >= 0.6 is 22.7 Å². The van der Waals surface area contributed by atoms with Crippen LogP contribution in [-0.4, -0.2) is 49.5 Å².